The van der Waals surface area contributed by atoms with Crippen LogP contribution in [-0.4, -0.2) is 20.5 Å². The lowest BCUT2D eigenvalue weighted by atomic mass is 9.98. The highest BCUT2D eigenvalue weighted by Crippen LogP contribution is 2.23. The Morgan fingerprint density at radius 3 is 2.46 bits per heavy atom. The van der Waals surface area contributed by atoms with Crippen LogP contribution in [0.3, 0.4) is 0 Å². The number of pyridine rings is 1. The maximum atomic E-state index is 12.7. The Kier molecular flexibility index (Phi) is 4.96. The van der Waals surface area contributed by atoms with Crippen LogP contribution in [0.4, 0.5) is 0 Å². The summed E-state index contributed by atoms with van der Waals surface area (Å²) in [6.07, 6.45) is 4.15. The molecule has 24 heavy (non-hydrogen) atoms. The standard InChI is InChI=1S/C18H18N4OS/c1-3-15-17(24-22-21-15)18(23)20-16(14-8-10-19-11-9-14)13-6-4-12(2)5-7-13/h4-11,16H,3H2,1-2H3,(H,20,23)/t16-/m1/s1. The maximum absolute atomic E-state index is 12.7. The molecule has 0 spiro atoms. The van der Waals surface area contributed by atoms with Crippen LogP contribution in [0.15, 0.2) is 48.8 Å². The van der Waals surface area contributed by atoms with E-state index < -0.39 is 0 Å². The predicted molar refractivity (Wildman–Crippen MR) is 94.0 cm³/mol. The predicted octanol–water partition coefficient (Wildman–Crippen LogP) is 3.32. The highest BCUT2D eigenvalue weighted by atomic mass is 32.1. The van der Waals surface area contributed by atoms with Crippen molar-refractivity contribution in [2.24, 2.45) is 0 Å². The van der Waals surface area contributed by atoms with Crippen molar-refractivity contribution >= 4 is 17.4 Å². The van der Waals surface area contributed by atoms with Gasteiger partial charge in [0.1, 0.15) is 4.88 Å². The number of carbonyl (C=O) groups is 1. The van der Waals surface area contributed by atoms with Gasteiger partial charge in [-0.25, -0.2) is 0 Å². The molecule has 0 bridgehead atoms. The zero-order chi connectivity index (χ0) is 16.9. The fraction of sp³-hybridized carbons (Fsp3) is 0.222. The molecule has 0 saturated carbocycles. The molecule has 1 N–H and O–H groups in total. The minimum Gasteiger partial charge on any atom is -0.340 e. The molecule has 0 saturated heterocycles. The molecule has 6 heteroatoms. The maximum Gasteiger partial charge on any atom is 0.265 e. The van der Waals surface area contributed by atoms with Crippen molar-refractivity contribution in [1.29, 1.82) is 0 Å². The first-order chi connectivity index (χ1) is 11.7. The van der Waals surface area contributed by atoms with Gasteiger partial charge in [0, 0.05) is 12.4 Å². The number of hydrogen-bond acceptors (Lipinski definition) is 5. The van der Waals surface area contributed by atoms with Crippen LogP contribution in [0.1, 0.15) is 45.0 Å². The molecular formula is C18H18N4OS. The minimum absolute atomic E-state index is 0.149. The molecule has 5 nitrogen and oxygen atoms in total. The number of carbonyl (C=O) groups excluding carboxylic acids is 1. The van der Waals surface area contributed by atoms with Crippen molar-refractivity contribution < 1.29 is 4.79 Å². The van der Waals surface area contributed by atoms with E-state index in [4.69, 9.17) is 0 Å². The summed E-state index contributed by atoms with van der Waals surface area (Å²) in [5.74, 6) is -0.149. The first kappa shape index (κ1) is 16.3. The summed E-state index contributed by atoms with van der Waals surface area (Å²) < 4.78 is 3.90. The number of amides is 1. The largest absolute Gasteiger partial charge is 0.340 e. The number of aromatic nitrogens is 3. The van der Waals surface area contributed by atoms with Crippen molar-refractivity contribution in [2.45, 2.75) is 26.3 Å². The Morgan fingerprint density at radius 1 is 1.12 bits per heavy atom. The first-order valence-corrected chi connectivity index (χ1v) is 8.55. The molecule has 0 fully saturated rings. The molecule has 0 unspecified atom stereocenters. The number of hydrogen-bond donors (Lipinski definition) is 1. The quantitative estimate of drug-likeness (QED) is 0.775. The topological polar surface area (TPSA) is 67.8 Å². The zero-order valence-electron chi connectivity index (χ0n) is 13.6. The first-order valence-electron chi connectivity index (χ1n) is 7.77. The number of benzene rings is 1. The monoisotopic (exact) mass is 338 g/mol. The van der Waals surface area contributed by atoms with Crippen LogP contribution < -0.4 is 5.32 Å². The van der Waals surface area contributed by atoms with Gasteiger partial charge in [-0.15, -0.1) is 5.10 Å². The normalized spacial score (nSPS) is 11.9. The highest BCUT2D eigenvalue weighted by molar-refractivity contribution is 7.08. The summed E-state index contributed by atoms with van der Waals surface area (Å²) in [4.78, 5) is 17.3. The van der Waals surface area contributed by atoms with Crippen molar-refractivity contribution in [3.63, 3.8) is 0 Å². The van der Waals surface area contributed by atoms with Gasteiger partial charge in [0.2, 0.25) is 0 Å². The van der Waals surface area contributed by atoms with Gasteiger partial charge in [0.25, 0.3) is 5.91 Å². The average molecular weight is 338 g/mol. The molecule has 3 aromatic rings. The highest BCUT2D eigenvalue weighted by Gasteiger charge is 2.21. The van der Waals surface area contributed by atoms with E-state index in [-0.39, 0.29) is 11.9 Å². The Labute approximate surface area is 144 Å². The van der Waals surface area contributed by atoms with Crippen LogP contribution >= 0.6 is 11.5 Å². The Morgan fingerprint density at radius 2 is 1.79 bits per heavy atom. The molecule has 1 aromatic carbocycles. The molecule has 2 heterocycles. The van der Waals surface area contributed by atoms with E-state index in [1.165, 1.54) is 5.56 Å². The molecule has 0 aliphatic heterocycles. The van der Waals surface area contributed by atoms with Crippen LogP contribution in [0.5, 0.6) is 0 Å². The van der Waals surface area contributed by atoms with Crippen molar-refractivity contribution in [2.75, 3.05) is 0 Å². The third-order valence-electron chi connectivity index (χ3n) is 3.82. The smallest absolute Gasteiger partial charge is 0.265 e. The van der Waals surface area contributed by atoms with Crippen LogP contribution in [0, 0.1) is 6.92 Å². The molecule has 1 amide bonds. The lowest BCUT2D eigenvalue weighted by molar-refractivity contribution is 0.0946. The molecule has 2 aromatic heterocycles. The van der Waals surface area contributed by atoms with Gasteiger partial charge in [-0.1, -0.05) is 41.2 Å². The zero-order valence-corrected chi connectivity index (χ0v) is 14.4. The van der Waals surface area contributed by atoms with Gasteiger partial charge >= 0.3 is 0 Å². The fourth-order valence-electron chi connectivity index (χ4n) is 2.48. The van der Waals surface area contributed by atoms with E-state index >= 15 is 0 Å². The summed E-state index contributed by atoms with van der Waals surface area (Å²) in [6.45, 7) is 4.01. The lowest BCUT2D eigenvalue weighted by Gasteiger charge is -2.19. The van der Waals surface area contributed by atoms with E-state index in [9.17, 15) is 4.79 Å². The van der Waals surface area contributed by atoms with Crippen LogP contribution in [0.2, 0.25) is 0 Å². The van der Waals surface area contributed by atoms with Gasteiger partial charge in [-0.2, -0.15) is 0 Å². The Bertz CT molecular complexity index is 815. The van der Waals surface area contributed by atoms with Gasteiger partial charge in [-0.3, -0.25) is 9.78 Å². The van der Waals surface area contributed by atoms with E-state index in [1.54, 1.807) is 12.4 Å². The summed E-state index contributed by atoms with van der Waals surface area (Å²) in [5, 5.41) is 7.13. The SMILES string of the molecule is CCc1nnsc1C(=O)N[C@@H](c1ccncc1)c1ccc(C)cc1. The number of rotatable bonds is 5. The van der Waals surface area contributed by atoms with Gasteiger partial charge in [-0.05, 0) is 48.1 Å². The average Bonchev–Trinajstić information content (AvgIpc) is 3.10. The molecule has 122 valence electrons. The molecular weight excluding hydrogens is 320 g/mol. The second-order valence-corrected chi connectivity index (χ2v) is 6.25. The summed E-state index contributed by atoms with van der Waals surface area (Å²) in [7, 11) is 0. The van der Waals surface area contributed by atoms with Crippen molar-refractivity contribution in [1.82, 2.24) is 19.9 Å². The van der Waals surface area contributed by atoms with Crippen LogP contribution in [0.25, 0.3) is 0 Å². The number of nitrogens with one attached hydrogen (secondary N) is 1. The molecule has 0 radical (unpaired) electrons. The second-order valence-electron chi connectivity index (χ2n) is 5.50. The molecule has 0 aliphatic carbocycles. The minimum atomic E-state index is -0.243. The van der Waals surface area contributed by atoms with Gasteiger partial charge in [0.15, 0.2) is 0 Å². The van der Waals surface area contributed by atoms with E-state index in [0.29, 0.717) is 11.3 Å². The Balaban J connectivity index is 1.93. The summed E-state index contributed by atoms with van der Waals surface area (Å²) in [5.41, 5.74) is 3.92. The number of nitrogens with zero attached hydrogens (tertiary/aromatic N) is 3. The van der Waals surface area contributed by atoms with E-state index in [1.807, 2.05) is 50.2 Å². The van der Waals surface area contributed by atoms with E-state index in [0.717, 1.165) is 28.4 Å². The van der Waals surface area contributed by atoms with Gasteiger partial charge in [0.05, 0.1) is 11.7 Å². The molecule has 1 atom stereocenters. The Hall–Kier alpha value is -2.60. The second kappa shape index (κ2) is 7.31. The van der Waals surface area contributed by atoms with Crippen molar-refractivity contribution in [3.8, 4) is 0 Å². The molecule has 3 rings (SSSR count). The van der Waals surface area contributed by atoms with Crippen molar-refractivity contribution in [3.05, 3.63) is 76.1 Å². The summed E-state index contributed by atoms with van der Waals surface area (Å²) in [6, 6.07) is 11.7. The molecule has 0 aliphatic rings. The van der Waals surface area contributed by atoms with E-state index in [2.05, 4.69) is 19.9 Å². The van der Waals surface area contributed by atoms with Crippen LogP contribution in [-0.2, 0) is 6.42 Å². The van der Waals surface area contributed by atoms with Gasteiger partial charge < -0.3 is 5.32 Å². The lowest BCUT2D eigenvalue weighted by Crippen LogP contribution is -2.29. The number of aryl methyl sites for hydroxylation is 2. The summed E-state index contributed by atoms with van der Waals surface area (Å²) >= 11 is 1.13. The fourth-order valence-corrected chi connectivity index (χ4v) is 3.14. The third-order valence-corrected chi connectivity index (χ3v) is 4.59. The third kappa shape index (κ3) is 3.49.